The van der Waals surface area contributed by atoms with Crippen molar-refractivity contribution >= 4 is 5.91 Å². The lowest BCUT2D eigenvalue weighted by molar-refractivity contribution is -0.140. The highest BCUT2D eigenvalue weighted by Gasteiger charge is 2.46. The van der Waals surface area contributed by atoms with Gasteiger partial charge in [-0.3, -0.25) is 4.79 Å². The van der Waals surface area contributed by atoms with Gasteiger partial charge < -0.3 is 10.6 Å². The van der Waals surface area contributed by atoms with Crippen LogP contribution < -0.4 is 5.73 Å². The van der Waals surface area contributed by atoms with Crippen molar-refractivity contribution in [2.45, 2.75) is 45.6 Å². The van der Waals surface area contributed by atoms with Crippen molar-refractivity contribution in [3.8, 4) is 0 Å². The molecule has 1 saturated carbocycles. The number of rotatable bonds is 1. The summed E-state index contributed by atoms with van der Waals surface area (Å²) in [6.07, 6.45) is 5.09. The van der Waals surface area contributed by atoms with Gasteiger partial charge in [0.2, 0.25) is 5.91 Å². The zero-order valence-electron chi connectivity index (χ0n) is 9.83. The molecular formula is C12H22N2O. The van der Waals surface area contributed by atoms with Gasteiger partial charge in [-0.25, -0.2) is 0 Å². The van der Waals surface area contributed by atoms with Crippen molar-refractivity contribution in [1.29, 1.82) is 0 Å². The molecule has 86 valence electrons. The molecule has 2 rings (SSSR count). The van der Waals surface area contributed by atoms with Crippen LogP contribution in [0.4, 0.5) is 0 Å². The van der Waals surface area contributed by atoms with Gasteiger partial charge in [-0.2, -0.15) is 0 Å². The standard InChI is InChI=1S/C12H22N2O/c1-9-4-7-14(11(15)10(2)13)8-12(9)5-3-6-12/h9-10H,3-8,13H2,1-2H3. The maximum atomic E-state index is 11.8. The van der Waals surface area contributed by atoms with Gasteiger partial charge in [0, 0.05) is 13.1 Å². The Kier molecular flexibility index (Phi) is 2.75. The Morgan fingerprint density at radius 3 is 2.67 bits per heavy atom. The average molecular weight is 210 g/mol. The summed E-state index contributed by atoms with van der Waals surface area (Å²) in [5, 5.41) is 0. The Hall–Kier alpha value is -0.570. The molecule has 2 atom stereocenters. The van der Waals surface area contributed by atoms with E-state index in [2.05, 4.69) is 6.92 Å². The van der Waals surface area contributed by atoms with Crippen molar-refractivity contribution in [3.05, 3.63) is 0 Å². The van der Waals surface area contributed by atoms with Gasteiger partial charge in [-0.15, -0.1) is 0 Å². The molecule has 3 nitrogen and oxygen atoms in total. The van der Waals surface area contributed by atoms with Gasteiger partial charge in [0.1, 0.15) is 0 Å². The van der Waals surface area contributed by atoms with Crippen LogP contribution in [0.1, 0.15) is 39.5 Å². The van der Waals surface area contributed by atoms with Gasteiger partial charge in [0.05, 0.1) is 6.04 Å². The SMILES string of the molecule is CC(N)C(=O)N1CCC(C)C2(CCC2)C1. The molecule has 15 heavy (non-hydrogen) atoms. The summed E-state index contributed by atoms with van der Waals surface area (Å²) in [7, 11) is 0. The van der Waals surface area contributed by atoms with E-state index in [1.807, 2.05) is 4.90 Å². The van der Waals surface area contributed by atoms with Crippen LogP contribution in [-0.4, -0.2) is 29.9 Å². The smallest absolute Gasteiger partial charge is 0.239 e. The van der Waals surface area contributed by atoms with Crippen LogP contribution in [0.25, 0.3) is 0 Å². The molecule has 0 aromatic heterocycles. The second-order valence-electron chi connectivity index (χ2n) is 5.45. The van der Waals surface area contributed by atoms with Crippen LogP contribution in [0.5, 0.6) is 0 Å². The van der Waals surface area contributed by atoms with E-state index >= 15 is 0 Å². The third-order valence-electron chi connectivity index (χ3n) is 4.43. The zero-order chi connectivity index (χ0) is 11.1. The third-order valence-corrected chi connectivity index (χ3v) is 4.43. The third kappa shape index (κ3) is 1.78. The summed E-state index contributed by atoms with van der Waals surface area (Å²) >= 11 is 0. The fourth-order valence-electron chi connectivity index (χ4n) is 3.03. The van der Waals surface area contributed by atoms with E-state index in [4.69, 9.17) is 5.73 Å². The highest BCUT2D eigenvalue weighted by Crippen LogP contribution is 2.50. The van der Waals surface area contributed by atoms with E-state index < -0.39 is 0 Å². The van der Waals surface area contributed by atoms with Gasteiger partial charge >= 0.3 is 0 Å². The first kappa shape index (κ1) is 10.9. The van der Waals surface area contributed by atoms with Gasteiger partial charge in [0.15, 0.2) is 0 Å². The second-order valence-corrected chi connectivity index (χ2v) is 5.45. The number of piperidine rings is 1. The Labute approximate surface area is 92.0 Å². The molecular weight excluding hydrogens is 188 g/mol. The Morgan fingerprint density at radius 1 is 1.53 bits per heavy atom. The monoisotopic (exact) mass is 210 g/mol. The first-order valence-corrected chi connectivity index (χ1v) is 6.09. The predicted molar refractivity (Wildman–Crippen MR) is 60.3 cm³/mol. The Bertz CT molecular complexity index is 258. The molecule has 2 aliphatic rings. The fraction of sp³-hybridized carbons (Fsp3) is 0.917. The second kappa shape index (κ2) is 3.78. The number of amides is 1. The zero-order valence-corrected chi connectivity index (χ0v) is 9.83. The lowest BCUT2D eigenvalue weighted by atomic mass is 9.59. The molecule has 0 aromatic rings. The largest absolute Gasteiger partial charge is 0.341 e. The maximum Gasteiger partial charge on any atom is 0.239 e. The minimum atomic E-state index is -0.337. The molecule has 1 aliphatic heterocycles. The fourth-order valence-corrected chi connectivity index (χ4v) is 3.03. The summed E-state index contributed by atoms with van der Waals surface area (Å²) in [4.78, 5) is 13.8. The van der Waals surface area contributed by atoms with Crippen molar-refractivity contribution < 1.29 is 4.79 Å². The molecule has 3 heteroatoms. The predicted octanol–water partition coefficient (Wildman–Crippen LogP) is 1.37. The summed E-state index contributed by atoms with van der Waals surface area (Å²) in [6.45, 7) is 5.98. The van der Waals surface area contributed by atoms with Crippen LogP contribution in [0.2, 0.25) is 0 Å². The number of hydrogen-bond donors (Lipinski definition) is 1. The molecule has 2 unspecified atom stereocenters. The summed E-state index contributed by atoms with van der Waals surface area (Å²) in [5.74, 6) is 0.913. The number of nitrogens with zero attached hydrogens (tertiary/aromatic N) is 1. The van der Waals surface area contributed by atoms with E-state index in [1.165, 1.54) is 19.3 Å². The summed E-state index contributed by atoms with van der Waals surface area (Å²) in [5.41, 5.74) is 6.11. The highest BCUT2D eigenvalue weighted by molar-refractivity contribution is 5.81. The van der Waals surface area contributed by atoms with Gasteiger partial charge in [-0.1, -0.05) is 13.3 Å². The molecule has 0 aromatic carbocycles. The van der Waals surface area contributed by atoms with E-state index in [0.29, 0.717) is 5.41 Å². The number of carbonyl (C=O) groups excluding carboxylic acids is 1. The number of hydrogen-bond acceptors (Lipinski definition) is 2. The molecule has 0 bridgehead atoms. The van der Waals surface area contributed by atoms with Crippen molar-refractivity contribution in [2.24, 2.45) is 17.1 Å². The van der Waals surface area contributed by atoms with Crippen LogP contribution in [0, 0.1) is 11.3 Å². The molecule has 0 radical (unpaired) electrons. The van der Waals surface area contributed by atoms with E-state index in [-0.39, 0.29) is 11.9 Å². The first-order valence-electron chi connectivity index (χ1n) is 6.09. The maximum absolute atomic E-state index is 11.8. The normalized spacial score (nSPS) is 31.1. The number of carbonyl (C=O) groups is 1. The quantitative estimate of drug-likeness (QED) is 0.710. The van der Waals surface area contributed by atoms with Crippen LogP contribution in [0.3, 0.4) is 0 Å². The number of likely N-dealkylation sites (tertiary alicyclic amines) is 1. The lowest BCUT2D eigenvalue weighted by Gasteiger charge is -2.53. The first-order chi connectivity index (χ1) is 7.05. The Morgan fingerprint density at radius 2 is 2.20 bits per heavy atom. The molecule has 2 N–H and O–H groups in total. The number of nitrogens with two attached hydrogens (primary N) is 1. The molecule has 1 aliphatic carbocycles. The lowest BCUT2D eigenvalue weighted by Crippen LogP contribution is -2.55. The molecule has 2 fully saturated rings. The molecule has 1 saturated heterocycles. The van der Waals surface area contributed by atoms with Crippen molar-refractivity contribution in [1.82, 2.24) is 4.90 Å². The topological polar surface area (TPSA) is 46.3 Å². The minimum Gasteiger partial charge on any atom is -0.341 e. The highest BCUT2D eigenvalue weighted by atomic mass is 16.2. The van der Waals surface area contributed by atoms with Gasteiger partial charge in [0.25, 0.3) is 0 Å². The van der Waals surface area contributed by atoms with Gasteiger partial charge in [-0.05, 0) is 37.5 Å². The van der Waals surface area contributed by atoms with Crippen LogP contribution in [-0.2, 0) is 4.79 Å². The molecule has 1 heterocycles. The van der Waals surface area contributed by atoms with E-state index in [0.717, 1.165) is 25.4 Å². The average Bonchev–Trinajstić information content (AvgIpc) is 2.15. The summed E-state index contributed by atoms with van der Waals surface area (Å²) < 4.78 is 0. The van der Waals surface area contributed by atoms with E-state index in [1.54, 1.807) is 6.92 Å². The van der Waals surface area contributed by atoms with E-state index in [9.17, 15) is 4.79 Å². The minimum absolute atomic E-state index is 0.133. The summed E-state index contributed by atoms with van der Waals surface area (Å²) in [6, 6.07) is -0.337. The van der Waals surface area contributed by atoms with Crippen molar-refractivity contribution in [3.63, 3.8) is 0 Å². The van der Waals surface area contributed by atoms with Crippen LogP contribution in [0.15, 0.2) is 0 Å². The molecule has 1 spiro atoms. The van der Waals surface area contributed by atoms with Crippen LogP contribution >= 0.6 is 0 Å². The van der Waals surface area contributed by atoms with Crippen molar-refractivity contribution in [2.75, 3.05) is 13.1 Å². The molecule has 1 amide bonds. The Balaban J connectivity index is 2.03.